The highest BCUT2D eigenvalue weighted by Crippen LogP contribution is 2.48. The number of aromatic hydroxyl groups is 2. The van der Waals surface area contributed by atoms with Gasteiger partial charge in [-0.25, -0.2) is 4.79 Å². The number of carbonyl (C=O) groups excluding carboxylic acids is 4. The minimum Gasteiger partial charge on any atom is -0.507 e. The minimum absolute atomic E-state index is 0.00378. The SMILES string of the molecule is COc1cc(C(CC(=O)NCC(=O)N2C[C@@H]3C[C@H](C2)c2cccc(=O)n2C3)c2c(O)cc3c(c2O)C(=O)O[C@@H](C)CCCC(=O)CCC/C=C/3)cc(OC)c1OC. The highest BCUT2D eigenvalue weighted by Gasteiger charge is 2.37. The second-order valence-corrected chi connectivity index (χ2v) is 15.1. The molecule has 4 atom stereocenters. The van der Waals surface area contributed by atoms with Gasteiger partial charge in [0.15, 0.2) is 11.5 Å². The number of hydrogen-bond acceptors (Lipinski definition) is 11. The summed E-state index contributed by atoms with van der Waals surface area (Å²) in [5.74, 6) is -2.72. The number of ketones is 1. The van der Waals surface area contributed by atoms with Crippen molar-refractivity contribution >= 4 is 29.6 Å². The lowest BCUT2D eigenvalue weighted by Gasteiger charge is -2.42. The molecule has 4 heterocycles. The highest BCUT2D eigenvalue weighted by atomic mass is 16.5. The summed E-state index contributed by atoms with van der Waals surface area (Å²) < 4.78 is 24.3. The number of ether oxygens (including phenoxy) is 4. The number of allylic oxidation sites excluding steroid dienone is 1. The number of amides is 2. The van der Waals surface area contributed by atoms with E-state index in [-0.39, 0.29) is 76.0 Å². The van der Waals surface area contributed by atoms with Crippen LogP contribution in [-0.4, -0.2) is 90.3 Å². The van der Waals surface area contributed by atoms with Gasteiger partial charge in [0.05, 0.1) is 34.0 Å². The summed E-state index contributed by atoms with van der Waals surface area (Å²) in [5.41, 5.74) is 1.11. The van der Waals surface area contributed by atoms with Crippen molar-refractivity contribution in [3.05, 3.63) is 80.8 Å². The molecule has 1 aromatic heterocycles. The lowest BCUT2D eigenvalue weighted by molar-refractivity contribution is -0.135. The van der Waals surface area contributed by atoms with Crippen molar-refractivity contribution in [2.75, 3.05) is 41.0 Å². The predicted octanol–water partition coefficient (Wildman–Crippen LogP) is 5.05. The van der Waals surface area contributed by atoms with Crippen LogP contribution >= 0.6 is 0 Å². The third-order valence-corrected chi connectivity index (χ3v) is 11.1. The van der Waals surface area contributed by atoms with E-state index in [0.717, 1.165) is 12.1 Å². The molecule has 3 aromatic rings. The summed E-state index contributed by atoms with van der Waals surface area (Å²) in [6.45, 7) is 2.81. The smallest absolute Gasteiger partial charge is 0.342 e. The number of aromatic nitrogens is 1. The molecular formula is C43H51N3O11. The Labute approximate surface area is 331 Å². The van der Waals surface area contributed by atoms with Gasteiger partial charge < -0.3 is 43.9 Å². The standard InChI is InChI=1S/C43H51N3O11/c1-25-10-8-13-30(47)12-7-5-6-11-27-17-33(48)40(41(52)39(27)43(53)57-25)31(28-18-34(54-2)42(56-4)35(19-28)55-3)20-36(49)44-21-38(51)45-22-26-16-29(24-45)32-14-9-15-37(50)46(32)23-26/h6,9,11,14-15,17-19,25-26,29,31,48,52H,5,7-8,10,12-13,16,20-24H2,1-4H3,(H,44,49)/b11-6+/t25-,26-,29+,31?/m0/s1. The van der Waals surface area contributed by atoms with Crippen molar-refractivity contribution in [3.63, 3.8) is 0 Å². The molecule has 0 saturated carbocycles. The number of cyclic esters (lactones) is 1. The Morgan fingerprint density at radius 3 is 2.42 bits per heavy atom. The molecule has 1 unspecified atom stereocenters. The average molecular weight is 786 g/mol. The second-order valence-electron chi connectivity index (χ2n) is 15.1. The monoisotopic (exact) mass is 785 g/mol. The van der Waals surface area contributed by atoms with Crippen molar-refractivity contribution in [3.8, 4) is 28.7 Å². The van der Waals surface area contributed by atoms with Gasteiger partial charge in [0.1, 0.15) is 22.8 Å². The molecule has 2 aromatic carbocycles. The fourth-order valence-electron chi connectivity index (χ4n) is 8.35. The first kappa shape index (κ1) is 40.9. The average Bonchev–Trinajstić information content (AvgIpc) is 3.18. The van der Waals surface area contributed by atoms with Crippen molar-refractivity contribution in [1.82, 2.24) is 14.8 Å². The zero-order chi connectivity index (χ0) is 40.8. The predicted molar refractivity (Wildman–Crippen MR) is 210 cm³/mol. The molecule has 304 valence electrons. The van der Waals surface area contributed by atoms with Crippen LogP contribution in [0.1, 0.15) is 103 Å². The summed E-state index contributed by atoms with van der Waals surface area (Å²) in [7, 11) is 4.31. The van der Waals surface area contributed by atoms with Gasteiger partial charge in [-0.1, -0.05) is 18.2 Å². The largest absolute Gasteiger partial charge is 0.507 e. The van der Waals surface area contributed by atoms with Crippen LogP contribution < -0.4 is 25.1 Å². The number of nitrogens with zero attached hydrogens (tertiary/aromatic N) is 2. The van der Waals surface area contributed by atoms with Gasteiger partial charge in [-0.3, -0.25) is 19.2 Å². The maximum absolute atomic E-state index is 13.9. The third-order valence-electron chi connectivity index (χ3n) is 11.1. The summed E-state index contributed by atoms with van der Waals surface area (Å²) >= 11 is 0. The van der Waals surface area contributed by atoms with Crippen LogP contribution in [0.15, 0.2) is 47.3 Å². The molecule has 0 radical (unpaired) electrons. The molecule has 1 saturated heterocycles. The second kappa shape index (κ2) is 18.0. The number of phenolic OH excluding ortho intramolecular Hbond substituents is 2. The van der Waals surface area contributed by atoms with E-state index >= 15 is 0 Å². The lowest BCUT2D eigenvalue weighted by atomic mass is 9.83. The Bertz CT molecular complexity index is 2080. The number of benzene rings is 2. The van der Waals surface area contributed by atoms with Crippen LogP contribution in [0.25, 0.3) is 6.08 Å². The van der Waals surface area contributed by atoms with E-state index in [1.807, 2.05) is 6.07 Å². The van der Waals surface area contributed by atoms with Gasteiger partial charge in [0.25, 0.3) is 5.56 Å². The fourth-order valence-corrected chi connectivity index (χ4v) is 8.35. The number of esters is 1. The van der Waals surface area contributed by atoms with Gasteiger partial charge in [-0.2, -0.15) is 0 Å². The molecule has 1 fully saturated rings. The zero-order valence-electron chi connectivity index (χ0n) is 32.9. The summed E-state index contributed by atoms with van der Waals surface area (Å²) in [5, 5.41) is 26.4. The van der Waals surface area contributed by atoms with E-state index in [2.05, 4.69) is 5.32 Å². The first-order valence-electron chi connectivity index (χ1n) is 19.4. The number of Topliss-reactive ketones (excluding diaryl/α,β-unsaturated/α-hetero) is 1. The molecule has 6 rings (SSSR count). The molecule has 0 aliphatic carbocycles. The number of hydrogen-bond donors (Lipinski definition) is 3. The first-order chi connectivity index (χ1) is 27.4. The van der Waals surface area contributed by atoms with Crippen molar-refractivity contribution in [2.24, 2.45) is 5.92 Å². The van der Waals surface area contributed by atoms with Crippen LogP contribution in [0.5, 0.6) is 28.7 Å². The normalized spacial score (nSPS) is 20.8. The van der Waals surface area contributed by atoms with E-state index in [1.165, 1.54) is 27.4 Å². The van der Waals surface area contributed by atoms with Crippen LogP contribution in [0.2, 0.25) is 0 Å². The lowest BCUT2D eigenvalue weighted by Crippen LogP contribution is -2.51. The number of rotatable bonds is 9. The van der Waals surface area contributed by atoms with Crippen LogP contribution in [0.4, 0.5) is 0 Å². The maximum atomic E-state index is 13.9. The Morgan fingerprint density at radius 2 is 1.70 bits per heavy atom. The van der Waals surface area contributed by atoms with E-state index < -0.39 is 35.4 Å². The third kappa shape index (κ3) is 9.11. The molecule has 3 N–H and O–H groups in total. The Hall–Kier alpha value is -5.79. The molecule has 2 amide bonds. The van der Waals surface area contributed by atoms with E-state index in [0.29, 0.717) is 63.7 Å². The minimum atomic E-state index is -1.10. The fraction of sp³-hybridized carbons (Fsp3) is 0.465. The number of nitrogens with one attached hydrogen (secondary N) is 1. The molecule has 2 bridgehead atoms. The van der Waals surface area contributed by atoms with Gasteiger partial charge in [-0.15, -0.1) is 0 Å². The number of methoxy groups -OCH3 is 3. The van der Waals surface area contributed by atoms with Crippen molar-refractivity contribution in [2.45, 2.75) is 82.8 Å². The number of piperidine rings is 1. The number of phenols is 2. The molecule has 14 heteroatoms. The van der Waals surface area contributed by atoms with E-state index in [4.69, 9.17) is 18.9 Å². The number of likely N-dealkylation sites (tertiary alicyclic amines) is 1. The van der Waals surface area contributed by atoms with E-state index in [1.54, 1.807) is 52.8 Å². The quantitative estimate of drug-likeness (QED) is 0.247. The first-order valence-corrected chi connectivity index (χ1v) is 19.4. The maximum Gasteiger partial charge on any atom is 0.342 e. The van der Waals surface area contributed by atoms with Crippen molar-refractivity contribution in [1.29, 1.82) is 0 Å². The van der Waals surface area contributed by atoms with Crippen molar-refractivity contribution < 1.29 is 48.3 Å². The highest BCUT2D eigenvalue weighted by molar-refractivity contribution is 5.98. The summed E-state index contributed by atoms with van der Waals surface area (Å²) in [4.78, 5) is 67.7. The Kier molecular flexibility index (Phi) is 12.9. The Morgan fingerprint density at radius 1 is 0.965 bits per heavy atom. The van der Waals surface area contributed by atoms with E-state index in [9.17, 15) is 34.2 Å². The molecule has 3 aliphatic rings. The van der Waals surface area contributed by atoms with Gasteiger partial charge in [0, 0.05) is 68.1 Å². The summed E-state index contributed by atoms with van der Waals surface area (Å²) in [6, 6.07) is 9.72. The number of pyridine rings is 1. The molecule has 14 nitrogen and oxygen atoms in total. The van der Waals surface area contributed by atoms with Gasteiger partial charge in [0.2, 0.25) is 17.6 Å². The number of fused-ring (bicyclic) bond motifs is 5. The van der Waals surface area contributed by atoms with Crippen LogP contribution in [0.3, 0.4) is 0 Å². The molecule has 0 spiro atoms. The summed E-state index contributed by atoms with van der Waals surface area (Å²) in [6.07, 6.45) is 6.19. The number of carbonyl (C=O) groups is 4. The zero-order valence-corrected chi connectivity index (χ0v) is 32.9. The molecular weight excluding hydrogens is 734 g/mol. The molecule has 57 heavy (non-hydrogen) atoms. The topological polar surface area (TPSA) is 183 Å². The Balaban J connectivity index is 1.32. The van der Waals surface area contributed by atoms with Crippen LogP contribution in [-0.2, 0) is 25.7 Å². The van der Waals surface area contributed by atoms with Gasteiger partial charge in [-0.05, 0) is 80.3 Å². The van der Waals surface area contributed by atoms with Gasteiger partial charge >= 0.3 is 5.97 Å². The van der Waals surface area contributed by atoms with Crippen LogP contribution in [0, 0.1) is 5.92 Å². The molecule has 3 aliphatic heterocycles.